The largest absolute Gasteiger partial charge is 0.380 e. The molecule has 23 heavy (non-hydrogen) atoms. The molecule has 0 saturated carbocycles. The van der Waals surface area contributed by atoms with Crippen LogP contribution >= 0.6 is 23.2 Å². The number of carbonyl (C=O) groups excluding carboxylic acids is 1. The maximum atomic E-state index is 12.4. The van der Waals surface area contributed by atoms with Gasteiger partial charge in [0.25, 0.3) is 0 Å². The van der Waals surface area contributed by atoms with E-state index in [4.69, 9.17) is 23.2 Å². The fourth-order valence-corrected chi connectivity index (χ4v) is 2.96. The predicted molar refractivity (Wildman–Crippen MR) is 95.8 cm³/mol. The highest BCUT2D eigenvalue weighted by atomic mass is 35.5. The van der Waals surface area contributed by atoms with E-state index < -0.39 is 6.10 Å². The summed E-state index contributed by atoms with van der Waals surface area (Å²) < 4.78 is 0. The molecule has 1 unspecified atom stereocenters. The van der Waals surface area contributed by atoms with Crippen LogP contribution in [0.25, 0.3) is 0 Å². The van der Waals surface area contributed by atoms with Crippen LogP contribution in [0.2, 0.25) is 10.0 Å². The van der Waals surface area contributed by atoms with E-state index in [1.54, 1.807) is 24.3 Å². The Balaban J connectivity index is 2.22. The average Bonchev–Trinajstić information content (AvgIpc) is 2.55. The second-order valence-electron chi connectivity index (χ2n) is 5.15. The molecule has 0 heterocycles. The van der Waals surface area contributed by atoms with Gasteiger partial charge in [0, 0.05) is 39.9 Å². The van der Waals surface area contributed by atoms with Gasteiger partial charge in [-0.2, -0.15) is 0 Å². The van der Waals surface area contributed by atoms with Gasteiger partial charge in [-0.1, -0.05) is 29.3 Å². The Morgan fingerprint density at radius 1 is 1.09 bits per heavy atom. The number of hydrogen-bond acceptors (Lipinski definition) is 3. The van der Waals surface area contributed by atoms with Gasteiger partial charge in [-0.3, -0.25) is 4.79 Å². The minimum absolute atomic E-state index is 0.276. The van der Waals surface area contributed by atoms with E-state index in [0.717, 1.165) is 18.8 Å². The van der Waals surface area contributed by atoms with Gasteiger partial charge in [-0.05, 0) is 50.2 Å². The fraction of sp³-hybridized carbons (Fsp3) is 0.278. The molecule has 122 valence electrons. The van der Waals surface area contributed by atoms with Crippen LogP contribution in [0.4, 0.5) is 5.69 Å². The number of rotatable bonds is 6. The number of ketones is 1. The van der Waals surface area contributed by atoms with Crippen molar-refractivity contribution in [1.82, 2.24) is 0 Å². The number of Topliss-reactive ketones (excluding diaryl/α,β-unsaturated/α-hetero) is 1. The van der Waals surface area contributed by atoms with Crippen LogP contribution in [0.5, 0.6) is 0 Å². The minimum atomic E-state index is -1.31. The molecule has 0 amide bonds. The highest BCUT2D eigenvalue weighted by molar-refractivity contribution is 6.35. The maximum absolute atomic E-state index is 12.4. The van der Waals surface area contributed by atoms with Crippen LogP contribution in [0, 0.1) is 0 Å². The standard InChI is InChI=1S/C18H19Cl2NO2/c1-3-21(4-2)14-8-5-12(6-9-14)17(22)18(23)15-10-7-13(19)11-16(15)20/h5-11,18,23H,3-4H2,1-2H3. The molecule has 5 heteroatoms. The Labute approximate surface area is 146 Å². The van der Waals surface area contributed by atoms with Crippen molar-refractivity contribution in [2.75, 3.05) is 18.0 Å². The van der Waals surface area contributed by atoms with Gasteiger partial charge < -0.3 is 10.0 Å². The van der Waals surface area contributed by atoms with E-state index in [1.807, 2.05) is 12.1 Å². The zero-order valence-electron chi connectivity index (χ0n) is 13.1. The number of carbonyl (C=O) groups is 1. The first kappa shape index (κ1) is 17.8. The van der Waals surface area contributed by atoms with Gasteiger partial charge >= 0.3 is 0 Å². The van der Waals surface area contributed by atoms with Crippen LogP contribution in [0.1, 0.15) is 35.9 Å². The number of aliphatic hydroxyl groups excluding tert-OH is 1. The van der Waals surface area contributed by atoms with Crippen molar-refractivity contribution in [1.29, 1.82) is 0 Å². The molecule has 2 aromatic carbocycles. The lowest BCUT2D eigenvalue weighted by molar-refractivity contribution is 0.0747. The number of nitrogens with zero attached hydrogens (tertiary/aromatic N) is 1. The predicted octanol–water partition coefficient (Wildman–Crippen LogP) is 4.76. The van der Waals surface area contributed by atoms with E-state index in [9.17, 15) is 9.90 Å². The van der Waals surface area contributed by atoms with Crippen molar-refractivity contribution >= 4 is 34.7 Å². The number of aliphatic hydroxyl groups is 1. The Bertz CT molecular complexity index is 682. The molecule has 0 radical (unpaired) electrons. The van der Waals surface area contributed by atoms with Crippen LogP contribution in [0.3, 0.4) is 0 Å². The maximum Gasteiger partial charge on any atom is 0.195 e. The van der Waals surface area contributed by atoms with E-state index in [-0.39, 0.29) is 10.8 Å². The van der Waals surface area contributed by atoms with Crippen molar-refractivity contribution < 1.29 is 9.90 Å². The van der Waals surface area contributed by atoms with Crippen molar-refractivity contribution in [2.45, 2.75) is 20.0 Å². The molecule has 0 aliphatic heterocycles. The van der Waals surface area contributed by atoms with E-state index >= 15 is 0 Å². The molecule has 2 aromatic rings. The Morgan fingerprint density at radius 3 is 2.22 bits per heavy atom. The van der Waals surface area contributed by atoms with Gasteiger partial charge in [0.2, 0.25) is 0 Å². The molecule has 0 spiro atoms. The van der Waals surface area contributed by atoms with Crippen LogP contribution < -0.4 is 4.90 Å². The molecule has 0 fully saturated rings. The van der Waals surface area contributed by atoms with E-state index in [0.29, 0.717) is 16.1 Å². The van der Waals surface area contributed by atoms with Gasteiger partial charge in [-0.25, -0.2) is 0 Å². The summed E-state index contributed by atoms with van der Waals surface area (Å²) in [5.41, 5.74) is 1.85. The molecule has 1 N–H and O–H groups in total. The fourth-order valence-electron chi connectivity index (χ4n) is 2.45. The second-order valence-corrected chi connectivity index (χ2v) is 6.00. The third-order valence-electron chi connectivity index (χ3n) is 3.79. The lowest BCUT2D eigenvalue weighted by Crippen LogP contribution is -2.21. The molecule has 0 aliphatic carbocycles. The number of hydrogen-bond donors (Lipinski definition) is 1. The topological polar surface area (TPSA) is 40.5 Å². The summed E-state index contributed by atoms with van der Waals surface area (Å²) in [6.07, 6.45) is -1.31. The monoisotopic (exact) mass is 351 g/mol. The van der Waals surface area contributed by atoms with Crippen LogP contribution in [-0.4, -0.2) is 24.0 Å². The first-order valence-electron chi connectivity index (χ1n) is 7.50. The summed E-state index contributed by atoms with van der Waals surface area (Å²) >= 11 is 11.9. The Kier molecular flexibility index (Phi) is 6.05. The quantitative estimate of drug-likeness (QED) is 0.763. The minimum Gasteiger partial charge on any atom is -0.380 e. The molecule has 0 saturated heterocycles. The van der Waals surface area contributed by atoms with Gasteiger partial charge in [0.05, 0.1) is 0 Å². The lowest BCUT2D eigenvalue weighted by atomic mass is 9.99. The van der Waals surface area contributed by atoms with E-state index in [2.05, 4.69) is 18.7 Å². The summed E-state index contributed by atoms with van der Waals surface area (Å²) in [5, 5.41) is 11.0. The summed E-state index contributed by atoms with van der Waals surface area (Å²) in [6.45, 7) is 5.95. The van der Waals surface area contributed by atoms with Crippen molar-refractivity contribution in [3.05, 3.63) is 63.6 Å². The normalized spacial score (nSPS) is 12.0. The molecule has 0 aliphatic rings. The van der Waals surface area contributed by atoms with Crippen LogP contribution in [-0.2, 0) is 0 Å². The Hall–Kier alpha value is -1.55. The lowest BCUT2D eigenvalue weighted by Gasteiger charge is -2.21. The zero-order chi connectivity index (χ0) is 17.0. The first-order valence-corrected chi connectivity index (χ1v) is 8.25. The SMILES string of the molecule is CCN(CC)c1ccc(C(=O)C(O)c2ccc(Cl)cc2Cl)cc1. The summed E-state index contributed by atoms with van der Waals surface area (Å²) in [6, 6.07) is 11.9. The molecule has 2 rings (SSSR count). The number of benzene rings is 2. The van der Waals surface area contributed by atoms with Crippen LogP contribution in [0.15, 0.2) is 42.5 Å². The summed E-state index contributed by atoms with van der Waals surface area (Å²) in [4.78, 5) is 14.6. The summed E-state index contributed by atoms with van der Waals surface area (Å²) in [5.74, 6) is -0.389. The molecule has 1 atom stereocenters. The molecular formula is C18H19Cl2NO2. The number of anilines is 1. The number of halogens is 2. The van der Waals surface area contributed by atoms with Crippen molar-refractivity contribution in [2.24, 2.45) is 0 Å². The highest BCUT2D eigenvalue weighted by Crippen LogP contribution is 2.28. The van der Waals surface area contributed by atoms with Gasteiger partial charge in [0.15, 0.2) is 5.78 Å². The smallest absolute Gasteiger partial charge is 0.195 e. The zero-order valence-corrected chi connectivity index (χ0v) is 14.6. The molecule has 0 bridgehead atoms. The molecule has 0 aromatic heterocycles. The van der Waals surface area contributed by atoms with Crippen molar-refractivity contribution in [3.63, 3.8) is 0 Å². The Morgan fingerprint density at radius 2 is 1.70 bits per heavy atom. The summed E-state index contributed by atoms with van der Waals surface area (Å²) in [7, 11) is 0. The second kappa shape index (κ2) is 7.82. The van der Waals surface area contributed by atoms with E-state index in [1.165, 1.54) is 6.07 Å². The first-order chi connectivity index (χ1) is 11.0. The van der Waals surface area contributed by atoms with Crippen molar-refractivity contribution in [3.8, 4) is 0 Å². The third-order valence-corrected chi connectivity index (χ3v) is 4.35. The highest BCUT2D eigenvalue weighted by Gasteiger charge is 2.21. The third kappa shape index (κ3) is 4.05. The molecular weight excluding hydrogens is 333 g/mol. The average molecular weight is 352 g/mol. The van der Waals surface area contributed by atoms with Gasteiger partial charge in [0.1, 0.15) is 6.10 Å². The molecule has 3 nitrogen and oxygen atoms in total. The van der Waals surface area contributed by atoms with Gasteiger partial charge in [-0.15, -0.1) is 0 Å².